The highest BCUT2D eigenvalue weighted by atomic mass is 79.9. The molecule has 24 heavy (non-hydrogen) atoms. The van der Waals surface area contributed by atoms with E-state index >= 15 is 0 Å². The summed E-state index contributed by atoms with van der Waals surface area (Å²) in [4.78, 5) is 4.15. The predicted molar refractivity (Wildman–Crippen MR) is 98.1 cm³/mol. The van der Waals surface area contributed by atoms with Crippen LogP contribution >= 0.6 is 43.5 Å². The molecule has 1 aromatic heterocycles. The molecule has 0 fully saturated rings. The summed E-state index contributed by atoms with van der Waals surface area (Å²) in [6.45, 7) is 0.261. The number of ether oxygens (including phenoxy) is 1. The number of hydrogen-bond donors (Lipinski definition) is 1. The highest BCUT2D eigenvalue weighted by Gasteiger charge is 2.10. The van der Waals surface area contributed by atoms with E-state index in [4.69, 9.17) is 16.3 Å². The second-order valence-electron chi connectivity index (χ2n) is 4.79. The van der Waals surface area contributed by atoms with Crippen LogP contribution in [0.1, 0.15) is 5.56 Å². The molecular weight excluding hydrogens is 461 g/mol. The summed E-state index contributed by atoms with van der Waals surface area (Å²) in [7, 11) is 0. The predicted octanol–water partition coefficient (Wildman–Crippen LogP) is 5.00. The van der Waals surface area contributed by atoms with Gasteiger partial charge in [-0.1, -0.05) is 34.9 Å². The van der Waals surface area contributed by atoms with Gasteiger partial charge in [0.2, 0.25) is 0 Å². The maximum atomic E-state index is 9.75. The van der Waals surface area contributed by atoms with E-state index in [1.165, 1.54) is 0 Å². The average molecular weight is 472 g/mol. The van der Waals surface area contributed by atoms with Gasteiger partial charge in [-0.15, -0.1) is 5.10 Å². The summed E-state index contributed by atoms with van der Waals surface area (Å²) < 4.78 is 6.60. The fraction of sp³-hybridized carbons (Fsp3) is 0.0625. The van der Waals surface area contributed by atoms with Crippen molar-refractivity contribution in [1.82, 2.24) is 15.2 Å². The van der Waals surface area contributed by atoms with Crippen molar-refractivity contribution < 1.29 is 9.84 Å². The van der Waals surface area contributed by atoms with Crippen LogP contribution in [0.4, 0.5) is 0 Å². The number of phenolic OH excluding ortho intramolecular Hbond substituents is 1. The number of aromatic hydroxyl groups is 1. The van der Waals surface area contributed by atoms with E-state index < -0.39 is 0 Å². The Labute approximate surface area is 159 Å². The number of phenols is 1. The van der Waals surface area contributed by atoms with E-state index in [1.807, 2.05) is 18.2 Å². The fourth-order valence-electron chi connectivity index (χ4n) is 1.93. The van der Waals surface area contributed by atoms with E-state index in [0.717, 1.165) is 11.1 Å². The zero-order valence-corrected chi connectivity index (χ0v) is 16.0. The molecule has 0 atom stereocenters. The Kier molecular flexibility index (Phi) is 5.33. The third kappa shape index (κ3) is 3.85. The standard InChI is InChI=1S/C16H10Br2ClN3O2/c17-11-5-10(6-12(18)15(11)23)14-7-20-16(22-21-14)24-8-9-3-1-2-4-13(9)19/h1-7,23H,8H2. The normalized spacial score (nSPS) is 10.6. The van der Waals surface area contributed by atoms with Crippen LogP contribution < -0.4 is 4.74 Å². The van der Waals surface area contributed by atoms with Crippen LogP contribution in [-0.2, 0) is 6.61 Å². The monoisotopic (exact) mass is 469 g/mol. The molecule has 3 rings (SSSR count). The van der Waals surface area contributed by atoms with Crippen LogP contribution in [0, 0.1) is 0 Å². The van der Waals surface area contributed by atoms with Crippen molar-refractivity contribution in [2.75, 3.05) is 0 Å². The van der Waals surface area contributed by atoms with E-state index in [-0.39, 0.29) is 18.4 Å². The van der Waals surface area contributed by atoms with Gasteiger partial charge in [0.25, 0.3) is 0 Å². The molecule has 122 valence electrons. The van der Waals surface area contributed by atoms with Crippen molar-refractivity contribution in [3.05, 3.63) is 62.1 Å². The second kappa shape index (κ2) is 7.46. The minimum absolute atomic E-state index is 0.124. The maximum absolute atomic E-state index is 9.75. The average Bonchev–Trinajstić information content (AvgIpc) is 2.59. The molecule has 3 aromatic rings. The Balaban J connectivity index is 1.75. The van der Waals surface area contributed by atoms with E-state index in [1.54, 1.807) is 24.4 Å². The van der Waals surface area contributed by atoms with Gasteiger partial charge in [0, 0.05) is 16.1 Å². The maximum Gasteiger partial charge on any atom is 0.336 e. The Morgan fingerprint density at radius 2 is 1.79 bits per heavy atom. The lowest BCUT2D eigenvalue weighted by molar-refractivity contribution is 0.277. The number of rotatable bonds is 4. The Bertz CT molecular complexity index is 852. The molecule has 0 aliphatic heterocycles. The molecule has 1 N–H and O–H groups in total. The molecule has 0 saturated heterocycles. The Hall–Kier alpha value is -1.70. The molecule has 2 aromatic carbocycles. The van der Waals surface area contributed by atoms with Gasteiger partial charge in [0.1, 0.15) is 18.1 Å². The van der Waals surface area contributed by atoms with Gasteiger partial charge in [-0.2, -0.15) is 0 Å². The van der Waals surface area contributed by atoms with Crippen LogP contribution in [0.3, 0.4) is 0 Å². The van der Waals surface area contributed by atoms with Crippen LogP contribution in [0.25, 0.3) is 11.3 Å². The van der Waals surface area contributed by atoms with Gasteiger partial charge in [0.05, 0.1) is 15.1 Å². The van der Waals surface area contributed by atoms with Crippen molar-refractivity contribution in [2.45, 2.75) is 6.61 Å². The van der Waals surface area contributed by atoms with Crippen molar-refractivity contribution in [2.24, 2.45) is 0 Å². The molecule has 0 aliphatic carbocycles. The van der Waals surface area contributed by atoms with Crippen LogP contribution in [0.15, 0.2) is 51.5 Å². The van der Waals surface area contributed by atoms with Crippen LogP contribution in [0.5, 0.6) is 11.8 Å². The van der Waals surface area contributed by atoms with Crippen LogP contribution in [-0.4, -0.2) is 20.3 Å². The van der Waals surface area contributed by atoms with Gasteiger partial charge in [-0.3, -0.25) is 0 Å². The SMILES string of the molecule is Oc1c(Br)cc(-c2cnc(OCc3ccccc3Cl)nn2)cc1Br. The quantitative estimate of drug-likeness (QED) is 0.580. The summed E-state index contributed by atoms with van der Waals surface area (Å²) in [6, 6.07) is 11.0. The molecule has 0 saturated carbocycles. The van der Waals surface area contributed by atoms with Crippen molar-refractivity contribution in [3.63, 3.8) is 0 Å². The summed E-state index contributed by atoms with van der Waals surface area (Å²) in [6.07, 6.45) is 1.56. The van der Waals surface area contributed by atoms with Crippen molar-refractivity contribution in [1.29, 1.82) is 0 Å². The lowest BCUT2D eigenvalue weighted by atomic mass is 10.1. The lowest BCUT2D eigenvalue weighted by Crippen LogP contribution is -2.01. The summed E-state index contributed by atoms with van der Waals surface area (Å²) in [5, 5.41) is 18.4. The molecule has 0 unspecified atom stereocenters. The summed E-state index contributed by atoms with van der Waals surface area (Å²) >= 11 is 12.6. The molecular formula is C16H10Br2ClN3O2. The van der Waals surface area contributed by atoms with Crippen molar-refractivity contribution in [3.8, 4) is 23.0 Å². The number of nitrogens with zero attached hydrogens (tertiary/aromatic N) is 3. The van der Waals surface area contributed by atoms with Gasteiger partial charge in [-0.05, 0) is 50.1 Å². The zero-order valence-electron chi connectivity index (χ0n) is 12.1. The molecule has 0 aliphatic rings. The highest BCUT2D eigenvalue weighted by molar-refractivity contribution is 9.11. The number of aromatic nitrogens is 3. The molecule has 1 heterocycles. The molecule has 0 bridgehead atoms. The largest absolute Gasteiger partial charge is 0.506 e. The first kappa shape index (κ1) is 17.1. The minimum atomic E-state index is 0.124. The van der Waals surface area contributed by atoms with Crippen LogP contribution in [0.2, 0.25) is 5.02 Å². The first-order chi connectivity index (χ1) is 11.5. The van der Waals surface area contributed by atoms with Gasteiger partial charge < -0.3 is 9.84 Å². The summed E-state index contributed by atoms with van der Waals surface area (Å²) in [5.41, 5.74) is 2.16. The van der Waals surface area contributed by atoms with Crippen molar-refractivity contribution >= 4 is 43.5 Å². The first-order valence-corrected chi connectivity index (χ1v) is 8.75. The highest BCUT2D eigenvalue weighted by Crippen LogP contribution is 2.36. The Morgan fingerprint density at radius 1 is 1.08 bits per heavy atom. The molecule has 0 radical (unpaired) electrons. The molecule has 0 amide bonds. The first-order valence-electron chi connectivity index (χ1n) is 6.79. The molecule has 5 nitrogen and oxygen atoms in total. The van der Waals surface area contributed by atoms with E-state index in [2.05, 4.69) is 47.0 Å². The Morgan fingerprint density at radius 3 is 2.42 bits per heavy atom. The van der Waals surface area contributed by atoms with E-state index in [9.17, 15) is 5.11 Å². The number of halogens is 3. The minimum Gasteiger partial charge on any atom is -0.506 e. The second-order valence-corrected chi connectivity index (χ2v) is 6.91. The topological polar surface area (TPSA) is 68.1 Å². The fourth-order valence-corrected chi connectivity index (χ4v) is 3.31. The third-order valence-electron chi connectivity index (χ3n) is 3.17. The number of benzene rings is 2. The van der Waals surface area contributed by atoms with Gasteiger partial charge in [0.15, 0.2) is 0 Å². The van der Waals surface area contributed by atoms with E-state index in [0.29, 0.717) is 19.7 Å². The summed E-state index contributed by atoms with van der Waals surface area (Å²) in [5.74, 6) is 0.124. The number of hydrogen-bond acceptors (Lipinski definition) is 5. The molecule has 0 spiro atoms. The molecule has 8 heteroatoms. The van der Waals surface area contributed by atoms with Gasteiger partial charge >= 0.3 is 6.01 Å². The van der Waals surface area contributed by atoms with Gasteiger partial charge in [-0.25, -0.2) is 4.98 Å². The lowest BCUT2D eigenvalue weighted by Gasteiger charge is -2.07. The zero-order chi connectivity index (χ0) is 17.1. The third-order valence-corrected chi connectivity index (χ3v) is 4.75. The smallest absolute Gasteiger partial charge is 0.336 e.